The van der Waals surface area contributed by atoms with Gasteiger partial charge in [-0.2, -0.15) is 0 Å². The molecule has 0 amide bonds. The molecule has 1 heterocycles. The Labute approximate surface area is 120 Å². The number of pyridine rings is 1. The van der Waals surface area contributed by atoms with Crippen LogP contribution in [0.4, 0.5) is 0 Å². The monoisotopic (exact) mass is 295 g/mol. The lowest BCUT2D eigenvalue weighted by Crippen LogP contribution is -2.15. The van der Waals surface area contributed by atoms with Crippen LogP contribution in [-0.2, 0) is 11.2 Å². The molecule has 1 atom stereocenters. The molecule has 0 saturated heterocycles. The van der Waals surface area contributed by atoms with Crippen LogP contribution in [0, 0.1) is 0 Å². The van der Waals surface area contributed by atoms with Crippen molar-refractivity contribution in [2.75, 3.05) is 0 Å². The summed E-state index contributed by atoms with van der Waals surface area (Å²) >= 11 is 11.8. The molecule has 0 spiro atoms. The third-order valence-corrected chi connectivity index (χ3v) is 3.37. The van der Waals surface area contributed by atoms with Crippen molar-refractivity contribution in [3.63, 3.8) is 0 Å². The molecule has 98 valence electrons. The average molecular weight is 296 g/mol. The Morgan fingerprint density at radius 1 is 1.21 bits per heavy atom. The molecule has 0 saturated carbocycles. The summed E-state index contributed by atoms with van der Waals surface area (Å²) < 4.78 is 0. The number of aliphatic carboxylic acids is 1. The normalized spacial score (nSPS) is 12.1. The molecule has 19 heavy (non-hydrogen) atoms. The molecule has 1 N–H and O–H groups in total. The zero-order chi connectivity index (χ0) is 13.8. The number of benzene rings is 1. The number of carboxylic acid groups (broad SMARTS) is 1. The van der Waals surface area contributed by atoms with Gasteiger partial charge in [0, 0.05) is 11.2 Å². The van der Waals surface area contributed by atoms with Gasteiger partial charge in [-0.25, -0.2) is 4.98 Å². The van der Waals surface area contributed by atoms with Gasteiger partial charge in [-0.3, -0.25) is 4.79 Å². The van der Waals surface area contributed by atoms with Crippen molar-refractivity contribution in [2.24, 2.45) is 0 Å². The Balaban J connectivity index is 2.29. The van der Waals surface area contributed by atoms with Crippen LogP contribution in [0.1, 0.15) is 17.0 Å². The van der Waals surface area contributed by atoms with E-state index in [1.165, 1.54) is 0 Å². The number of rotatable bonds is 4. The van der Waals surface area contributed by atoms with Crippen molar-refractivity contribution >= 4 is 29.2 Å². The maximum absolute atomic E-state index is 11.4. The van der Waals surface area contributed by atoms with Crippen LogP contribution in [0.2, 0.25) is 10.2 Å². The van der Waals surface area contributed by atoms with E-state index in [1.54, 1.807) is 42.6 Å². The van der Waals surface area contributed by atoms with Crippen molar-refractivity contribution in [1.82, 2.24) is 4.98 Å². The van der Waals surface area contributed by atoms with Crippen molar-refractivity contribution in [2.45, 2.75) is 12.3 Å². The van der Waals surface area contributed by atoms with E-state index in [-0.39, 0.29) is 0 Å². The molecular weight excluding hydrogens is 285 g/mol. The average Bonchev–Trinajstić information content (AvgIpc) is 2.39. The summed E-state index contributed by atoms with van der Waals surface area (Å²) in [6.45, 7) is 0. The van der Waals surface area contributed by atoms with Crippen molar-refractivity contribution < 1.29 is 9.90 Å². The van der Waals surface area contributed by atoms with E-state index in [1.807, 2.05) is 0 Å². The quantitative estimate of drug-likeness (QED) is 0.873. The molecule has 1 unspecified atom stereocenters. The van der Waals surface area contributed by atoms with Crippen molar-refractivity contribution in [1.29, 1.82) is 0 Å². The van der Waals surface area contributed by atoms with E-state index >= 15 is 0 Å². The molecule has 0 aliphatic carbocycles. The topological polar surface area (TPSA) is 50.2 Å². The lowest BCUT2D eigenvalue weighted by molar-refractivity contribution is -0.138. The van der Waals surface area contributed by atoms with Crippen LogP contribution >= 0.6 is 23.2 Å². The molecule has 2 rings (SSSR count). The summed E-state index contributed by atoms with van der Waals surface area (Å²) in [6, 6.07) is 10.4. The molecule has 0 aliphatic heterocycles. The number of halogens is 2. The third kappa shape index (κ3) is 3.46. The zero-order valence-electron chi connectivity index (χ0n) is 9.88. The second-order valence-corrected chi connectivity index (χ2v) is 4.90. The number of hydrogen-bond acceptors (Lipinski definition) is 2. The van der Waals surface area contributed by atoms with Crippen LogP contribution in [0.15, 0.2) is 42.6 Å². The van der Waals surface area contributed by atoms with Crippen LogP contribution in [0.5, 0.6) is 0 Å². The maximum atomic E-state index is 11.4. The first-order valence-corrected chi connectivity index (χ1v) is 6.41. The minimum absolute atomic E-state index is 0.323. The highest BCUT2D eigenvalue weighted by molar-refractivity contribution is 6.31. The second-order valence-electron chi connectivity index (χ2n) is 4.11. The van der Waals surface area contributed by atoms with E-state index in [2.05, 4.69) is 4.98 Å². The summed E-state index contributed by atoms with van der Waals surface area (Å²) in [4.78, 5) is 15.4. The third-order valence-electron chi connectivity index (χ3n) is 2.81. The van der Waals surface area contributed by atoms with E-state index in [4.69, 9.17) is 23.2 Å². The van der Waals surface area contributed by atoms with Crippen LogP contribution < -0.4 is 0 Å². The van der Waals surface area contributed by atoms with E-state index in [9.17, 15) is 9.90 Å². The standard InChI is InChI=1S/C14H11Cl2NO2/c15-12-4-2-1-3-10(12)11(14(18)19)7-9-5-6-13(16)17-8-9/h1-6,8,11H,7H2,(H,18,19). The highest BCUT2D eigenvalue weighted by atomic mass is 35.5. The summed E-state index contributed by atoms with van der Waals surface area (Å²) in [5, 5.41) is 10.2. The van der Waals surface area contributed by atoms with Gasteiger partial charge < -0.3 is 5.11 Å². The summed E-state index contributed by atoms with van der Waals surface area (Å²) in [6.07, 6.45) is 1.90. The summed E-state index contributed by atoms with van der Waals surface area (Å²) in [7, 11) is 0. The Hall–Kier alpha value is -1.58. The number of carboxylic acids is 1. The number of aromatic nitrogens is 1. The maximum Gasteiger partial charge on any atom is 0.311 e. The predicted octanol–water partition coefficient (Wildman–Crippen LogP) is 3.80. The molecule has 1 aromatic heterocycles. The summed E-state index contributed by atoms with van der Waals surface area (Å²) in [5.74, 6) is -1.61. The van der Waals surface area contributed by atoms with E-state index < -0.39 is 11.9 Å². The molecule has 0 aliphatic rings. The molecule has 1 aromatic carbocycles. The van der Waals surface area contributed by atoms with E-state index in [0.29, 0.717) is 22.2 Å². The fraction of sp³-hybridized carbons (Fsp3) is 0.143. The Morgan fingerprint density at radius 2 is 1.95 bits per heavy atom. The first-order valence-electron chi connectivity index (χ1n) is 5.65. The number of carbonyl (C=O) groups is 1. The second kappa shape index (κ2) is 6.04. The first-order chi connectivity index (χ1) is 9.08. The van der Waals surface area contributed by atoms with Gasteiger partial charge in [0.15, 0.2) is 0 Å². The Bertz CT molecular complexity index is 584. The molecule has 0 fully saturated rings. The van der Waals surface area contributed by atoms with Gasteiger partial charge in [0.2, 0.25) is 0 Å². The fourth-order valence-electron chi connectivity index (χ4n) is 1.85. The summed E-state index contributed by atoms with van der Waals surface area (Å²) in [5.41, 5.74) is 1.41. The number of hydrogen-bond donors (Lipinski definition) is 1. The van der Waals surface area contributed by atoms with Crippen molar-refractivity contribution in [3.05, 3.63) is 63.9 Å². The smallest absolute Gasteiger partial charge is 0.311 e. The van der Waals surface area contributed by atoms with Gasteiger partial charge >= 0.3 is 5.97 Å². The van der Waals surface area contributed by atoms with Crippen LogP contribution in [0.25, 0.3) is 0 Å². The number of nitrogens with zero attached hydrogens (tertiary/aromatic N) is 1. The van der Waals surface area contributed by atoms with Crippen molar-refractivity contribution in [3.8, 4) is 0 Å². The first kappa shape index (κ1) is 13.8. The fourth-order valence-corrected chi connectivity index (χ4v) is 2.23. The predicted molar refractivity (Wildman–Crippen MR) is 74.8 cm³/mol. The SMILES string of the molecule is O=C(O)C(Cc1ccc(Cl)nc1)c1ccccc1Cl. The molecule has 3 nitrogen and oxygen atoms in total. The molecule has 5 heteroatoms. The highest BCUT2D eigenvalue weighted by Crippen LogP contribution is 2.27. The lowest BCUT2D eigenvalue weighted by atomic mass is 9.93. The Morgan fingerprint density at radius 3 is 2.53 bits per heavy atom. The molecule has 0 bridgehead atoms. The molecule has 0 radical (unpaired) electrons. The van der Waals surface area contributed by atoms with Crippen LogP contribution in [0.3, 0.4) is 0 Å². The van der Waals surface area contributed by atoms with Gasteiger partial charge in [-0.05, 0) is 29.7 Å². The highest BCUT2D eigenvalue weighted by Gasteiger charge is 2.22. The van der Waals surface area contributed by atoms with Gasteiger partial charge in [0.1, 0.15) is 5.15 Å². The van der Waals surface area contributed by atoms with E-state index in [0.717, 1.165) is 5.56 Å². The molecular formula is C14H11Cl2NO2. The lowest BCUT2D eigenvalue weighted by Gasteiger charge is -2.14. The minimum Gasteiger partial charge on any atom is -0.481 e. The van der Waals surface area contributed by atoms with Gasteiger partial charge in [-0.15, -0.1) is 0 Å². The minimum atomic E-state index is -0.914. The van der Waals surface area contributed by atoms with Gasteiger partial charge in [-0.1, -0.05) is 47.5 Å². The van der Waals surface area contributed by atoms with Gasteiger partial charge in [0.05, 0.1) is 5.92 Å². The largest absolute Gasteiger partial charge is 0.481 e. The zero-order valence-corrected chi connectivity index (χ0v) is 11.4. The van der Waals surface area contributed by atoms with Crippen LogP contribution in [-0.4, -0.2) is 16.1 Å². The Kier molecular flexibility index (Phi) is 4.40. The molecule has 2 aromatic rings. The van der Waals surface area contributed by atoms with Gasteiger partial charge in [0.25, 0.3) is 0 Å².